The van der Waals surface area contributed by atoms with Gasteiger partial charge in [-0.15, -0.1) is 0 Å². The Morgan fingerprint density at radius 1 is 1.21 bits per heavy atom. The molecule has 1 aliphatic rings. The smallest absolute Gasteiger partial charge is 0.158 e. The molecule has 3 heteroatoms. The van der Waals surface area contributed by atoms with Gasteiger partial charge in [0.25, 0.3) is 0 Å². The van der Waals surface area contributed by atoms with Crippen LogP contribution in [-0.2, 0) is 9.47 Å². The van der Waals surface area contributed by atoms with Gasteiger partial charge >= 0.3 is 0 Å². The molecule has 0 aliphatic carbocycles. The van der Waals surface area contributed by atoms with E-state index >= 15 is 0 Å². The summed E-state index contributed by atoms with van der Waals surface area (Å²) in [7, 11) is 0. The molecule has 84 valence electrons. The van der Waals surface area contributed by atoms with Crippen LogP contribution in [0.5, 0.6) is 0 Å². The summed E-state index contributed by atoms with van der Waals surface area (Å²) < 4.78 is 11.2. The summed E-state index contributed by atoms with van der Waals surface area (Å²) in [6.07, 6.45) is 2.14. The minimum atomic E-state index is 0.00683. The van der Waals surface area contributed by atoms with E-state index < -0.39 is 0 Å². The second-order valence-electron chi connectivity index (χ2n) is 4.75. The quantitative estimate of drug-likeness (QED) is 0.688. The third-order valence-corrected chi connectivity index (χ3v) is 2.30. The van der Waals surface area contributed by atoms with Crippen molar-refractivity contribution >= 4 is 0 Å². The predicted octanol–water partition coefficient (Wildman–Crippen LogP) is 1.78. The van der Waals surface area contributed by atoms with Crippen molar-refractivity contribution in [2.24, 2.45) is 5.41 Å². The van der Waals surface area contributed by atoms with Crippen LogP contribution in [-0.4, -0.2) is 32.6 Å². The van der Waals surface area contributed by atoms with Crippen LogP contribution in [0.2, 0.25) is 0 Å². The average molecular weight is 201 g/mol. The van der Waals surface area contributed by atoms with Gasteiger partial charge in [0.1, 0.15) is 0 Å². The van der Waals surface area contributed by atoms with E-state index in [0.717, 1.165) is 32.7 Å². The topological polar surface area (TPSA) is 30.5 Å². The highest BCUT2D eigenvalue weighted by Crippen LogP contribution is 2.23. The van der Waals surface area contributed by atoms with E-state index in [2.05, 4.69) is 26.1 Å². The normalized spacial score (nSPS) is 22.5. The Morgan fingerprint density at radius 3 is 2.43 bits per heavy atom. The molecule has 0 amide bonds. The molecule has 1 saturated heterocycles. The van der Waals surface area contributed by atoms with Crippen molar-refractivity contribution in [2.75, 3.05) is 26.3 Å². The molecule has 0 bridgehead atoms. The number of hydrogen-bond donors (Lipinski definition) is 1. The van der Waals surface area contributed by atoms with Gasteiger partial charge in [0.2, 0.25) is 0 Å². The molecule has 0 unspecified atom stereocenters. The number of ether oxygens (including phenoxy) is 2. The summed E-state index contributed by atoms with van der Waals surface area (Å²) in [5.41, 5.74) is 0.188. The zero-order chi connectivity index (χ0) is 10.4. The summed E-state index contributed by atoms with van der Waals surface area (Å²) in [4.78, 5) is 0. The minimum Gasteiger partial charge on any atom is -0.352 e. The van der Waals surface area contributed by atoms with Crippen LogP contribution in [0, 0.1) is 5.41 Å². The summed E-state index contributed by atoms with van der Waals surface area (Å²) in [6.45, 7) is 10.2. The molecule has 1 heterocycles. The van der Waals surface area contributed by atoms with Crippen molar-refractivity contribution in [3.05, 3.63) is 0 Å². The molecule has 1 fully saturated rings. The predicted molar refractivity (Wildman–Crippen MR) is 57.3 cm³/mol. The van der Waals surface area contributed by atoms with Gasteiger partial charge in [0, 0.05) is 11.8 Å². The summed E-state index contributed by atoms with van der Waals surface area (Å²) in [5, 5.41) is 3.34. The summed E-state index contributed by atoms with van der Waals surface area (Å²) in [6, 6.07) is 0. The Bertz CT molecular complexity index is 149. The van der Waals surface area contributed by atoms with E-state index in [9.17, 15) is 0 Å². The van der Waals surface area contributed by atoms with Gasteiger partial charge in [0.15, 0.2) is 6.29 Å². The Kier molecular flexibility index (Phi) is 4.85. The van der Waals surface area contributed by atoms with E-state index in [1.165, 1.54) is 6.42 Å². The van der Waals surface area contributed by atoms with Crippen LogP contribution >= 0.6 is 0 Å². The number of rotatable bonds is 5. The van der Waals surface area contributed by atoms with Gasteiger partial charge < -0.3 is 14.8 Å². The molecule has 0 spiro atoms. The van der Waals surface area contributed by atoms with Crippen molar-refractivity contribution < 1.29 is 9.47 Å². The van der Waals surface area contributed by atoms with Crippen molar-refractivity contribution in [2.45, 2.75) is 39.9 Å². The highest BCUT2D eigenvalue weighted by molar-refractivity contribution is 4.71. The molecular formula is C11H23NO2. The van der Waals surface area contributed by atoms with Crippen LogP contribution in [0.4, 0.5) is 0 Å². The lowest BCUT2D eigenvalue weighted by atomic mass is 9.95. The third-order valence-electron chi connectivity index (χ3n) is 2.30. The molecule has 14 heavy (non-hydrogen) atoms. The molecule has 0 aromatic heterocycles. The van der Waals surface area contributed by atoms with Crippen molar-refractivity contribution in [1.29, 1.82) is 0 Å². The molecular weight excluding hydrogens is 178 g/mol. The SMILES string of the molecule is CCCNCCC1OCC(C)(C)CO1. The summed E-state index contributed by atoms with van der Waals surface area (Å²) >= 11 is 0. The van der Waals surface area contributed by atoms with Gasteiger partial charge in [-0.2, -0.15) is 0 Å². The van der Waals surface area contributed by atoms with Gasteiger partial charge in [-0.1, -0.05) is 20.8 Å². The lowest BCUT2D eigenvalue weighted by molar-refractivity contribution is -0.223. The fraction of sp³-hybridized carbons (Fsp3) is 1.00. The molecule has 0 aromatic rings. The minimum absolute atomic E-state index is 0.00683. The molecule has 1 rings (SSSR count). The monoisotopic (exact) mass is 201 g/mol. The van der Waals surface area contributed by atoms with Crippen molar-refractivity contribution in [3.8, 4) is 0 Å². The van der Waals surface area contributed by atoms with E-state index in [-0.39, 0.29) is 11.7 Å². The highest BCUT2D eigenvalue weighted by atomic mass is 16.7. The number of hydrogen-bond acceptors (Lipinski definition) is 3. The van der Waals surface area contributed by atoms with Gasteiger partial charge in [-0.3, -0.25) is 0 Å². The Balaban J connectivity index is 2.04. The molecule has 0 aromatic carbocycles. The zero-order valence-corrected chi connectivity index (χ0v) is 9.64. The van der Waals surface area contributed by atoms with Crippen molar-refractivity contribution in [1.82, 2.24) is 5.32 Å². The lowest BCUT2D eigenvalue weighted by Crippen LogP contribution is -2.39. The third kappa shape index (κ3) is 4.40. The van der Waals surface area contributed by atoms with Gasteiger partial charge in [-0.25, -0.2) is 0 Å². The first-order valence-corrected chi connectivity index (χ1v) is 5.58. The second kappa shape index (κ2) is 5.69. The van der Waals surface area contributed by atoms with Gasteiger partial charge in [-0.05, 0) is 19.5 Å². The molecule has 1 N–H and O–H groups in total. The van der Waals surface area contributed by atoms with E-state index in [1.807, 2.05) is 0 Å². The van der Waals surface area contributed by atoms with Crippen LogP contribution in [0.1, 0.15) is 33.6 Å². The van der Waals surface area contributed by atoms with Crippen LogP contribution in [0.3, 0.4) is 0 Å². The van der Waals surface area contributed by atoms with Crippen LogP contribution in [0.25, 0.3) is 0 Å². The fourth-order valence-corrected chi connectivity index (χ4v) is 1.42. The zero-order valence-electron chi connectivity index (χ0n) is 9.64. The first-order valence-electron chi connectivity index (χ1n) is 5.58. The average Bonchev–Trinajstić information content (AvgIpc) is 2.15. The molecule has 0 saturated carbocycles. The van der Waals surface area contributed by atoms with E-state index in [4.69, 9.17) is 9.47 Å². The maximum atomic E-state index is 5.61. The summed E-state index contributed by atoms with van der Waals surface area (Å²) in [5.74, 6) is 0. The Labute approximate surface area is 87.2 Å². The largest absolute Gasteiger partial charge is 0.352 e. The van der Waals surface area contributed by atoms with Gasteiger partial charge in [0.05, 0.1) is 13.2 Å². The van der Waals surface area contributed by atoms with E-state index in [1.54, 1.807) is 0 Å². The lowest BCUT2D eigenvalue weighted by Gasteiger charge is -2.34. The Morgan fingerprint density at radius 2 is 1.86 bits per heavy atom. The van der Waals surface area contributed by atoms with Crippen LogP contribution in [0.15, 0.2) is 0 Å². The van der Waals surface area contributed by atoms with E-state index in [0.29, 0.717) is 0 Å². The maximum Gasteiger partial charge on any atom is 0.158 e. The first-order chi connectivity index (χ1) is 6.64. The fourth-order valence-electron chi connectivity index (χ4n) is 1.42. The highest BCUT2D eigenvalue weighted by Gasteiger charge is 2.27. The van der Waals surface area contributed by atoms with Crippen LogP contribution < -0.4 is 5.32 Å². The molecule has 0 atom stereocenters. The first kappa shape index (κ1) is 12.0. The molecule has 3 nitrogen and oxygen atoms in total. The van der Waals surface area contributed by atoms with Crippen molar-refractivity contribution in [3.63, 3.8) is 0 Å². The Hall–Kier alpha value is -0.120. The number of nitrogens with one attached hydrogen (secondary N) is 1. The maximum absolute atomic E-state index is 5.61. The molecule has 1 aliphatic heterocycles. The second-order valence-corrected chi connectivity index (χ2v) is 4.75. The standard InChI is InChI=1S/C11H23NO2/c1-4-6-12-7-5-10-13-8-11(2,3)9-14-10/h10,12H,4-9H2,1-3H3. The molecule has 0 radical (unpaired) electrons.